The summed E-state index contributed by atoms with van der Waals surface area (Å²) in [7, 11) is 2.93. The van der Waals surface area contributed by atoms with E-state index < -0.39 is 5.91 Å². The van der Waals surface area contributed by atoms with Crippen LogP contribution in [0.1, 0.15) is 15.9 Å². The van der Waals surface area contributed by atoms with E-state index in [1.807, 2.05) is 24.3 Å². The monoisotopic (exact) mass is 384 g/mol. The number of fused-ring (bicyclic) bond motifs is 1. The highest BCUT2D eigenvalue weighted by atomic mass is 35.5. The van der Waals surface area contributed by atoms with Gasteiger partial charge in [-0.1, -0.05) is 35.9 Å². The van der Waals surface area contributed by atoms with Gasteiger partial charge in [0.05, 0.1) is 31.0 Å². The second kappa shape index (κ2) is 7.97. The number of ether oxygens (including phenoxy) is 2. The van der Waals surface area contributed by atoms with Crippen LogP contribution in [0.2, 0.25) is 5.02 Å². The van der Waals surface area contributed by atoms with Crippen LogP contribution >= 0.6 is 11.6 Å². The number of carbonyl (C=O) groups is 1. The van der Waals surface area contributed by atoms with Crippen LogP contribution in [0.3, 0.4) is 0 Å². The van der Waals surface area contributed by atoms with Crippen LogP contribution in [0.4, 0.5) is 0 Å². The summed E-state index contributed by atoms with van der Waals surface area (Å²) in [4.78, 5) is 12.5. The first-order valence-corrected chi connectivity index (χ1v) is 8.38. The normalized spacial score (nSPS) is 10.9. The highest BCUT2D eigenvalue weighted by molar-refractivity contribution is 6.32. The molecular formula is C20H17ClN2O4. The number of phenols is 1. The molecular weight excluding hydrogens is 368 g/mol. The number of amides is 1. The lowest BCUT2D eigenvalue weighted by atomic mass is 10.1. The molecule has 0 aliphatic heterocycles. The summed E-state index contributed by atoms with van der Waals surface area (Å²) in [5, 5.41) is 15.7. The molecule has 0 atom stereocenters. The van der Waals surface area contributed by atoms with Crippen molar-refractivity contribution < 1.29 is 19.4 Å². The molecule has 0 saturated heterocycles. The summed E-state index contributed by atoms with van der Waals surface area (Å²) in [5.74, 6) is 0.106. The first kappa shape index (κ1) is 18.5. The van der Waals surface area contributed by atoms with Crippen molar-refractivity contribution in [2.24, 2.45) is 5.10 Å². The lowest BCUT2D eigenvalue weighted by molar-refractivity contribution is 0.0952. The van der Waals surface area contributed by atoms with Gasteiger partial charge in [0.25, 0.3) is 5.91 Å². The molecule has 0 heterocycles. The van der Waals surface area contributed by atoms with E-state index >= 15 is 0 Å². The maximum Gasteiger partial charge on any atom is 0.275 e. The van der Waals surface area contributed by atoms with E-state index in [0.29, 0.717) is 16.9 Å². The van der Waals surface area contributed by atoms with Crippen LogP contribution in [0.5, 0.6) is 17.2 Å². The van der Waals surface area contributed by atoms with Crippen LogP contribution < -0.4 is 14.9 Å². The van der Waals surface area contributed by atoms with E-state index in [1.165, 1.54) is 26.5 Å². The predicted molar refractivity (Wildman–Crippen MR) is 105 cm³/mol. The highest BCUT2D eigenvalue weighted by Gasteiger charge is 2.13. The molecule has 0 bridgehead atoms. The fraction of sp³-hybridized carbons (Fsp3) is 0.100. The zero-order valence-electron chi connectivity index (χ0n) is 14.7. The molecule has 0 saturated carbocycles. The van der Waals surface area contributed by atoms with E-state index in [2.05, 4.69) is 10.5 Å². The van der Waals surface area contributed by atoms with Gasteiger partial charge in [-0.3, -0.25) is 4.79 Å². The second-order valence-electron chi connectivity index (χ2n) is 5.65. The molecule has 7 heteroatoms. The third kappa shape index (κ3) is 3.96. The number of carbonyl (C=O) groups excluding carboxylic acids is 1. The first-order chi connectivity index (χ1) is 13.0. The molecule has 3 aromatic carbocycles. The number of hydrogen-bond acceptors (Lipinski definition) is 5. The number of halogens is 1. The van der Waals surface area contributed by atoms with Crippen molar-refractivity contribution in [3.8, 4) is 17.2 Å². The Balaban J connectivity index is 1.83. The van der Waals surface area contributed by atoms with Crippen LogP contribution in [-0.4, -0.2) is 31.4 Å². The summed E-state index contributed by atoms with van der Waals surface area (Å²) in [5.41, 5.74) is 3.39. The van der Waals surface area contributed by atoms with Gasteiger partial charge in [0.1, 0.15) is 5.75 Å². The molecule has 0 fully saturated rings. The minimum absolute atomic E-state index is 0.123. The smallest absolute Gasteiger partial charge is 0.275 e. The van der Waals surface area contributed by atoms with E-state index in [9.17, 15) is 9.90 Å². The third-order valence-electron chi connectivity index (χ3n) is 3.96. The summed E-state index contributed by atoms with van der Waals surface area (Å²) < 4.78 is 10.4. The van der Waals surface area contributed by atoms with E-state index in [4.69, 9.17) is 21.1 Å². The third-order valence-corrected chi connectivity index (χ3v) is 4.25. The summed E-state index contributed by atoms with van der Waals surface area (Å²) in [6, 6.07) is 14.3. The van der Waals surface area contributed by atoms with E-state index in [1.54, 1.807) is 18.2 Å². The molecule has 6 nitrogen and oxygen atoms in total. The molecule has 0 spiro atoms. The minimum atomic E-state index is -0.411. The van der Waals surface area contributed by atoms with Gasteiger partial charge in [0, 0.05) is 0 Å². The Morgan fingerprint density at radius 2 is 1.74 bits per heavy atom. The molecule has 0 unspecified atom stereocenters. The zero-order valence-corrected chi connectivity index (χ0v) is 15.4. The fourth-order valence-corrected chi connectivity index (χ4v) is 2.83. The largest absolute Gasteiger partial charge is 0.503 e. The molecule has 3 aromatic rings. The summed E-state index contributed by atoms with van der Waals surface area (Å²) in [6.07, 6.45) is 1.40. The zero-order chi connectivity index (χ0) is 19.4. The number of nitrogens with one attached hydrogen (secondary N) is 1. The summed E-state index contributed by atoms with van der Waals surface area (Å²) >= 11 is 5.93. The number of benzene rings is 3. The number of hydrogen-bond donors (Lipinski definition) is 2. The van der Waals surface area contributed by atoms with E-state index in [-0.39, 0.29) is 16.5 Å². The number of aromatic hydroxyl groups is 1. The molecule has 138 valence electrons. The standard InChI is InChI=1S/C20H17ClN2O4/c1-26-17-10-14-6-4-3-5-13(14)9-15(17)20(25)23-22-11-12-7-16(21)19(24)18(8-12)27-2/h3-11,24H,1-2H3,(H,23,25)/b22-11-. The lowest BCUT2D eigenvalue weighted by Crippen LogP contribution is -2.18. The maximum atomic E-state index is 12.5. The molecule has 27 heavy (non-hydrogen) atoms. The predicted octanol–water partition coefficient (Wildman–Crippen LogP) is 3.98. The van der Waals surface area contributed by atoms with Gasteiger partial charge in [0.15, 0.2) is 11.5 Å². The van der Waals surface area contributed by atoms with Crippen molar-refractivity contribution in [2.45, 2.75) is 0 Å². The van der Waals surface area contributed by atoms with Gasteiger partial charge in [-0.2, -0.15) is 5.10 Å². The number of methoxy groups -OCH3 is 2. The van der Waals surface area contributed by atoms with Gasteiger partial charge in [-0.05, 0) is 40.6 Å². The summed E-state index contributed by atoms with van der Waals surface area (Å²) in [6.45, 7) is 0. The fourth-order valence-electron chi connectivity index (χ4n) is 2.62. The van der Waals surface area contributed by atoms with Gasteiger partial charge in [0.2, 0.25) is 0 Å². The Morgan fingerprint density at radius 1 is 1.07 bits per heavy atom. The van der Waals surface area contributed by atoms with Crippen LogP contribution in [0.15, 0.2) is 53.6 Å². The maximum absolute atomic E-state index is 12.5. The topological polar surface area (TPSA) is 80.2 Å². The Morgan fingerprint density at radius 3 is 2.41 bits per heavy atom. The van der Waals surface area contributed by atoms with Gasteiger partial charge >= 0.3 is 0 Å². The second-order valence-corrected chi connectivity index (χ2v) is 6.06. The Hall–Kier alpha value is -3.25. The quantitative estimate of drug-likeness (QED) is 0.515. The lowest BCUT2D eigenvalue weighted by Gasteiger charge is -2.09. The van der Waals surface area contributed by atoms with Gasteiger partial charge in [-0.15, -0.1) is 0 Å². The van der Waals surface area contributed by atoms with Crippen molar-refractivity contribution in [2.75, 3.05) is 14.2 Å². The first-order valence-electron chi connectivity index (χ1n) is 8.00. The molecule has 0 aromatic heterocycles. The van der Waals surface area contributed by atoms with Gasteiger partial charge < -0.3 is 14.6 Å². The number of hydrazone groups is 1. The van der Waals surface area contributed by atoms with Crippen LogP contribution in [-0.2, 0) is 0 Å². The van der Waals surface area contributed by atoms with Crippen LogP contribution in [0.25, 0.3) is 10.8 Å². The number of phenolic OH excluding ortho intramolecular Hbond substituents is 1. The van der Waals surface area contributed by atoms with Crippen molar-refractivity contribution in [1.29, 1.82) is 0 Å². The molecule has 0 aliphatic rings. The molecule has 0 aliphatic carbocycles. The Kier molecular flexibility index (Phi) is 5.47. The minimum Gasteiger partial charge on any atom is -0.503 e. The number of nitrogens with zero attached hydrogens (tertiary/aromatic N) is 1. The molecule has 2 N–H and O–H groups in total. The number of rotatable bonds is 5. The van der Waals surface area contributed by atoms with Crippen LogP contribution in [0, 0.1) is 0 Å². The SMILES string of the molecule is COc1cc2ccccc2cc1C(=O)N/N=C\c1cc(Cl)c(O)c(OC)c1. The average molecular weight is 385 g/mol. The average Bonchev–Trinajstić information content (AvgIpc) is 2.69. The Bertz CT molecular complexity index is 1030. The van der Waals surface area contributed by atoms with Gasteiger partial charge in [-0.25, -0.2) is 5.43 Å². The van der Waals surface area contributed by atoms with Crippen molar-refractivity contribution in [3.05, 3.63) is 64.7 Å². The Labute approximate surface area is 161 Å². The van der Waals surface area contributed by atoms with Crippen molar-refractivity contribution in [3.63, 3.8) is 0 Å². The highest BCUT2D eigenvalue weighted by Crippen LogP contribution is 2.34. The van der Waals surface area contributed by atoms with Crippen molar-refractivity contribution >= 4 is 34.5 Å². The molecule has 1 amide bonds. The molecule has 3 rings (SSSR count). The molecule has 0 radical (unpaired) electrons. The van der Waals surface area contributed by atoms with Crippen molar-refractivity contribution in [1.82, 2.24) is 5.43 Å². The van der Waals surface area contributed by atoms with E-state index in [0.717, 1.165) is 10.8 Å².